The van der Waals surface area contributed by atoms with Crippen molar-refractivity contribution in [1.82, 2.24) is 4.90 Å². The monoisotopic (exact) mass is 296 g/mol. The first-order chi connectivity index (χ1) is 10.1. The van der Waals surface area contributed by atoms with E-state index in [9.17, 15) is 4.79 Å². The molecule has 2 aromatic rings. The van der Waals surface area contributed by atoms with Crippen LogP contribution in [0, 0.1) is 12.3 Å². The number of halogens is 1. The van der Waals surface area contributed by atoms with Gasteiger partial charge < -0.3 is 10.2 Å². The predicted molar refractivity (Wildman–Crippen MR) is 84.3 cm³/mol. The fourth-order valence-corrected chi connectivity index (χ4v) is 2.92. The smallest absolute Gasteiger partial charge is 0.307 e. The van der Waals surface area contributed by atoms with Crippen LogP contribution in [0.1, 0.15) is 11.1 Å². The van der Waals surface area contributed by atoms with Gasteiger partial charge in [-0.1, -0.05) is 47.9 Å². The molecule has 104 valence electrons. The summed E-state index contributed by atoms with van der Waals surface area (Å²) in [5, 5.41) is 3.41. The molecule has 3 nitrogen and oxygen atoms in total. The van der Waals surface area contributed by atoms with Crippen molar-refractivity contribution in [1.29, 1.82) is 0 Å². The molecule has 1 N–H and O–H groups in total. The Balaban J connectivity index is 2.36. The molecule has 0 saturated heterocycles. The predicted octanol–water partition coefficient (Wildman–Crippen LogP) is 3.69. The molecular formula is C17H13ClN2O. The molecule has 0 fully saturated rings. The van der Waals surface area contributed by atoms with Gasteiger partial charge in [0.1, 0.15) is 0 Å². The topological polar surface area (TPSA) is 32.3 Å². The summed E-state index contributed by atoms with van der Waals surface area (Å²) in [6, 6.07) is 14.6. The third-order valence-corrected chi connectivity index (χ3v) is 4.06. The molecule has 3 rings (SSSR count). The molecule has 0 aliphatic carbocycles. The summed E-state index contributed by atoms with van der Waals surface area (Å²) in [4.78, 5) is 13.8. The zero-order valence-corrected chi connectivity index (χ0v) is 12.2. The maximum absolute atomic E-state index is 12.3. The van der Waals surface area contributed by atoms with Crippen LogP contribution in [-0.4, -0.2) is 18.0 Å². The molecule has 0 radical (unpaired) electrons. The number of nitrogens with one attached hydrogen (secondary N) is 1. The van der Waals surface area contributed by atoms with Gasteiger partial charge in [0.05, 0.1) is 0 Å². The van der Waals surface area contributed by atoms with Gasteiger partial charge >= 0.3 is 6.03 Å². The minimum absolute atomic E-state index is 0.244. The lowest BCUT2D eigenvalue weighted by molar-refractivity contribution is 0.191. The third kappa shape index (κ3) is 1.88. The van der Waals surface area contributed by atoms with Crippen LogP contribution in [0.2, 0.25) is 5.02 Å². The lowest BCUT2D eigenvalue weighted by Crippen LogP contribution is -2.52. The van der Waals surface area contributed by atoms with Crippen molar-refractivity contribution < 1.29 is 4.79 Å². The quantitative estimate of drug-likeness (QED) is 0.800. The van der Waals surface area contributed by atoms with E-state index in [1.165, 1.54) is 4.90 Å². The first-order valence-corrected chi connectivity index (χ1v) is 6.85. The Labute approximate surface area is 128 Å². The fraction of sp³-hybridized carbons (Fsp3) is 0.118. The second-order valence-electron chi connectivity index (χ2n) is 4.90. The van der Waals surface area contributed by atoms with Crippen LogP contribution in [-0.2, 0) is 5.54 Å². The summed E-state index contributed by atoms with van der Waals surface area (Å²) in [6.45, 7) is 0. The van der Waals surface area contributed by atoms with Crippen LogP contribution in [0.3, 0.4) is 0 Å². The van der Waals surface area contributed by atoms with Crippen LogP contribution in [0.4, 0.5) is 10.5 Å². The molecule has 21 heavy (non-hydrogen) atoms. The highest BCUT2D eigenvalue weighted by Crippen LogP contribution is 2.42. The lowest BCUT2D eigenvalue weighted by Gasteiger charge is -2.43. The highest BCUT2D eigenvalue weighted by atomic mass is 35.5. The van der Waals surface area contributed by atoms with Crippen LogP contribution < -0.4 is 5.32 Å². The number of hydrogen-bond donors (Lipinski definition) is 1. The number of rotatable bonds is 1. The van der Waals surface area contributed by atoms with Gasteiger partial charge in [-0.05, 0) is 23.8 Å². The number of anilines is 1. The second-order valence-corrected chi connectivity index (χ2v) is 5.34. The van der Waals surface area contributed by atoms with E-state index in [2.05, 4.69) is 11.2 Å². The Kier molecular flexibility index (Phi) is 3.12. The SMILES string of the molecule is C#CC1(c2ccccc2)c2cc(Cl)ccc2NC(=O)N1C. The minimum atomic E-state index is -0.968. The average molecular weight is 297 g/mol. The normalized spacial score (nSPS) is 20.4. The summed E-state index contributed by atoms with van der Waals surface area (Å²) in [5.74, 6) is 2.80. The van der Waals surface area contributed by atoms with E-state index in [1.54, 1.807) is 25.2 Å². The molecule has 1 unspecified atom stereocenters. The number of benzene rings is 2. The molecule has 2 amide bonds. The summed E-state index contributed by atoms with van der Waals surface area (Å²) < 4.78 is 0. The Morgan fingerprint density at radius 2 is 1.95 bits per heavy atom. The average Bonchev–Trinajstić information content (AvgIpc) is 2.51. The van der Waals surface area contributed by atoms with Gasteiger partial charge in [-0.15, -0.1) is 6.42 Å². The van der Waals surface area contributed by atoms with Gasteiger partial charge in [0, 0.05) is 23.3 Å². The van der Waals surface area contributed by atoms with Crippen molar-refractivity contribution in [3.8, 4) is 12.3 Å². The van der Waals surface area contributed by atoms with Crippen molar-refractivity contribution in [2.24, 2.45) is 0 Å². The second kappa shape index (κ2) is 4.83. The summed E-state index contributed by atoms with van der Waals surface area (Å²) >= 11 is 6.13. The first kappa shape index (κ1) is 13.5. The first-order valence-electron chi connectivity index (χ1n) is 6.47. The molecule has 2 aromatic carbocycles. The molecule has 0 saturated carbocycles. The molecule has 1 aliphatic heterocycles. The maximum Gasteiger partial charge on any atom is 0.323 e. The van der Waals surface area contributed by atoms with Crippen molar-refractivity contribution >= 4 is 23.3 Å². The van der Waals surface area contributed by atoms with Gasteiger partial charge in [-0.2, -0.15) is 0 Å². The Hall–Kier alpha value is -2.44. The summed E-state index contributed by atoms with van der Waals surface area (Å²) in [6.07, 6.45) is 5.87. The Morgan fingerprint density at radius 1 is 1.24 bits per heavy atom. The van der Waals surface area contributed by atoms with Gasteiger partial charge in [0.15, 0.2) is 5.54 Å². The van der Waals surface area contributed by atoms with Crippen molar-refractivity contribution in [2.45, 2.75) is 5.54 Å². The highest BCUT2D eigenvalue weighted by molar-refractivity contribution is 6.30. The van der Waals surface area contributed by atoms with Gasteiger partial charge in [-0.25, -0.2) is 4.79 Å². The lowest BCUT2D eigenvalue weighted by atomic mass is 9.80. The molecule has 0 spiro atoms. The van der Waals surface area contributed by atoms with E-state index in [4.69, 9.17) is 18.0 Å². The van der Waals surface area contributed by atoms with E-state index in [0.717, 1.165) is 11.1 Å². The molecule has 0 aromatic heterocycles. The number of fused-ring (bicyclic) bond motifs is 1. The molecular weight excluding hydrogens is 284 g/mol. The van der Waals surface area contributed by atoms with Gasteiger partial charge in [0.25, 0.3) is 0 Å². The van der Waals surface area contributed by atoms with Crippen molar-refractivity contribution in [2.75, 3.05) is 12.4 Å². The largest absolute Gasteiger partial charge is 0.323 e. The number of amides is 2. The van der Waals surface area contributed by atoms with Crippen LogP contribution in [0.25, 0.3) is 0 Å². The van der Waals surface area contributed by atoms with E-state index >= 15 is 0 Å². The molecule has 0 bridgehead atoms. The Morgan fingerprint density at radius 3 is 2.62 bits per heavy atom. The molecule has 1 aliphatic rings. The number of urea groups is 1. The van der Waals surface area contributed by atoms with Gasteiger partial charge in [0.2, 0.25) is 0 Å². The van der Waals surface area contributed by atoms with Crippen LogP contribution >= 0.6 is 11.6 Å². The zero-order valence-electron chi connectivity index (χ0n) is 11.4. The van der Waals surface area contributed by atoms with E-state index in [-0.39, 0.29) is 6.03 Å². The van der Waals surface area contributed by atoms with E-state index < -0.39 is 5.54 Å². The fourth-order valence-electron chi connectivity index (χ4n) is 2.74. The van der Waals surface area contributed by atoms with Crippen molar-refractivity contribution in [3.05, 3.63) is 64.7 Å². The number of nitrogens with zero attached hydrogens (tertiary/aromatic N) is 1. The third-order valence-electron chi connectivity index (χ3n) is 3.82. The van der Waals surface area contributed by atoms with E-state index in [1.807, 2.05) is 30.3 Å². The number of carbonyl (C=O) groups excluding carboxylic acids is 1. The summed E-state index contributed by atoms with van der Waals surface area (Å²) in [7, 11) is 1.69. The van der Waals surface area contributed by atoms with Crippen LogP contribution in [0.5, 0.6) is 0 Å². The number of terminal acetylenes is 1. The van der Waals surface area contributed by atoms with Crippen LogP contribution in [0.15, 0.2) is 48.5 Å². The highest BCUT2D eigenvalue weighted by Gasteiger charge is 2.44. The van der Waals surface area contributed by atoms with Crippen molar-refractivity contribution in [3.63, 3.8) is 0 Å². The van der Waals surface area contributed by atoms with Gasteiger partial charge in [-0.3, -0.25) is 0 Å². The molecule has 4 heteroatoms. The Bertz CT molecular complexity index is 751. The number of carbonyl (C=O) groups is 1. The minimum Gasteiger partial charge on any atom is -0.307 e. The maximum atomic E-state index is 12.3. The van der Waals surface area contributed by atoms with E-state index in [0.29, 0.717) is 10.7 Å². The molecule has 1 heterocycles. The summed E-state index contributed by atoms with van der Waals surface area (Å²) in [5.41, 5.74) is 1.37. The standard InChI is InChI=1S/C17H13ClN2O/c1-3-17(12-7-5-4-6-8-12)14-11-13(18)9-10-15(14)19-16(21)20(17)2/h1,4-11H,2H3,(H,19,21). The zero-order chi connectivity index (χ0) is 15.0. The molecule has 1 atom stereocenters. The number of hydrogen-bond acceptors (Lipinski definition) is 1.